The van der Waals surface area contributed by atoms with Crippen molar-refractivity contribution < 1.29 is 0 Å². The van der Waals surface area contributed by atoms with Gasteiger partial charge in [0.2, 0.25) is 0 Å². The van der Waals surface area contributed by atoms with E-state index in [4.69, 9.17) is 0 Å². The van der Waals surface area contributed by atoms with E-state index in [0.717, 1.165) is 13.1 Å². The molecule has 0 aliphatic rings. The van der Waals surface area contributed by atoms with Crippen molar-refractivity contribution in [1.82, 2.24) is 19.9 Å². The lowest BCUT2D eigenvalue weighted by molar-refractivity contribution is 0.564. The molecule has 4 nitrogen and oxygen atoms in total. The molecule has 0 aliphatic carbocycles. The molecular formula is C14H20N4. The Hall–Kier alpha value is -1.68. The van der Waals surface area contributed by atoms with Gasteiger partial charge in [-0.15, -0.1) is 0 Å². The maximum atomic E-state index is 4.23. The summed E-state index contributed by atoms with van der Waals surface area (Å²) in [6.07, 6.45) is 7.55. The molecule has 2 rings (SSSR count). The number of nitrogens with one attached hydrogen (secondary N) is 1. The van der Waals surface area contributed by atoms with Crippen LogP contribution in [0.5, 0.6) is 0 Å². The molecule has 0 saturated carbocycles. The fraction of sp³-hybridized carbons (Fsp3) is 0.429. The van der Waals surface area contributed by atoms with Gasteiger partial charge in [0.15, 0.2) is 0 Å². The van der Waals surface area contributed by atoms with Crippen molar-refractivity contribution in [3.63, 3.8) is 0 Å². The van der Waals surface area contributed by atoms with Crippen molar-refractivity contribution in [3.05, 3.63) is 47.8 Å². The SMILES string of the molecule is Cc1cnccc1Cn1cncc1CNC(C)C. The van der Waals surface area contributed by atoms with Crippen molar-refractivity contribution in [2.45, 2.75) is 39.9 Å². The standard InChI is InChI=1S/C14H20N4/c1-11(2)17-8-14-7-16-10-18(14)9-13-4-5-15-6-12(13)3/h4-7,10-11,17H,8-9H2,1-3H3. The van der Waals surface area contributed by atoms with Gasteiger partial charge >= 0.3 is 0 Å². The van der Waals surface area contributed by atoms with Crippen LogP contribution in [0.25, 0.3) is 0 Å². The van der Waals surface area contributed by atoms with Crippen LogP contribution in [0.1, 0.15) is 30.7 Å². The molecule has 0 unspecified atom stereocenters. The second kappa shape index (κ2) is 5.78. The summed E-state index contributed by atoms with van der Waals surface area (Å²) in [4.78, 5) is 8.35. The Morgan fingerprint density at radius 3 is 2.83 bits per heavy atom. The van der Waals surface area contributed by atoms with Crippen molar-refractivity contribution in [1.29, 1.82) is 0 Å². The Morgan fingerprint density at radius 1 is 1.28 bits per heavy atom. The van der Waals surface area contributed by atoms with Gasteiger partial charge in [0, 0.05) is 37.7 Å². The fourth-order valence-electron chi connectivity index (χ4n) is 1.81. The predicted octanol–water partition coefficient (Wildman–Crippen LogP) is 2.13. The number of imidazole rings is 1. The Balaban J connectivity index is 2.10. The predicted molar refractivity (Wildman–Crippen MR) is 72.3 cm³/mol. The zero-order valence-corrected chi connectivity index (χ0v) is 11.2. The summed E-state index contributed by atoms with van der Waals surface area (Å²) in [5.41, 5.74) is 3.71. The first-order valence-corrected chi connectivity index (χ1v) is 6.28. The van der Waals surface area contributed by atoms with Gasteiger partial charge < -0.3 is 9.88 Å². The highest BCUT2D eigenvalue weighted by molar-refractivity contribution is 5.22. The summed E-state index contributed by atoms with van der Waals surface area (Å²) in [6, 6.07) is 2.55. The summed E-state index contributed by atoms with van der Waals surface area (Å²) in [5, 5.41) is 3.42. The first-order chi connectivity index (χ1) is 8.66. The Labute approximate surface area is 108 Å². The van der Waals surface area contributed by atoms with Gasteiger partial charge in [-0.25, -0.2) is 4.98 Å². The summed E-state index contributed by atoms with van der Waals surface area (Å²) in [6.45, 7) is 8.08. The molecule has 0 spiro atoms. The van der Waals surface area contributed by atoms with E-state index in [9.17, 15) is 0 Å². The third-order valence-corrected chi connectivity index (χ3v) is 2.97. The van der Waals surface area contributed by atoms with Gasteiger partial charge in [-0.1, -0.05) is 13.8 Å². The van der Waals surface area contributed by atoms with Crippen LogP contribution in [0, 0.1) is 6.92 Å². The molecule has 0 amide bonds. The number of pyridine rings is 1. The molecule has 0 radical (unpaired) electrons. The Bertz CT molecular complexity index is 502. The smallest absolute Gasteiger partial charge is 0.0951 e. The molecule has 1 N–H and O–H groups in total. The minimum absolute atomic E-state index is 0.482. The second-order valence-corrected chi connectivity index (χ2v) is 4.85. The average molecular weight is 244 g/mol. The molecular weight excluding hydrogens is 224 g/mol. The van der Waals surface area contributed by atoms with E-state index in [-0.39, 0.29) is 0 Å². The Kier molecular flexibility index (Phi) is 4.10. The van der Waals surface area contributed by atoms with Gasteiger partial charge in [0.25, 0.3) is 0 Å². The summed E-state index contributed by atoms with van der Waals surface area (Å²) >= 11 is 0. The van der Waals surface area contributed by atoms with Crippen LogP contribution < -0.4 is 5.32 Å². The van der Waals surface area contributed by atoms with Crippen LogP contribution >= 0.6 is 0 Å². The summed E-state index contributed by atoms with van der Waals surface area (Å²) in [5.74, 6) is 0. The normalized spacial score (nSPS) is 11.1. The third-order valence-electron chi connectivity index (χ3n) is 2.97. The largest absolute Gasteiger partial charge is 0.329 e. The molecule has 2 aromatic rings. The van der Waals surface area contributed by atoms with Crippen LogP contribution in [0.3, 0.4) is 0 Å². The molecule has 18 heavy (non-hydrogen) atoms. The maximum Gasteiger partial charge on any atom is 0.0951 e. The van der Waals surface area contributed by atoms with E-state index < -0.39 is 0 Å². The molecule has 2 heterocycles. The monoisotopic (exact) mass is 244 g/mol. The summed E-state index contributed by atoms with van der Waals surface area (Å²) < 4.78 is 2.18. The molecule has 0 bridgehead atoms. The first kappa shape index (κ1) is 12.8. The van der Waals surface area contributed by atoms with Crippen LogP contribution in [-0.2, 0) is 13.1 Å². The van der Waals surface area contributed by atoms with E-state index in [1.807, 2.05) is 24.9 Å². The van der Waals surface area contributed by atoms with Gasteiger partial charge in [0.05, 0.1) is 12.0 Å². The minimum atomic E-state index is 0.482. The average Bonchev–Trinajstić information content (AvgIpc) is 2.77. The lowest BCUT2D eigenvalue weighted by atomic mass is 10.1. The van der Waals surface area contributed by atoms with Crippen molar-refractivity contribution >= 4 is 0 Å². The van der Waals surface area contributed by atoms with Crippen LogP contribution in [0.15, 0.2) is 31.0 Å². The highest BCUT2D eigenvalue weighted by Gasteiger charge is 2.05. The lowest BCUT2D eigenvalue weighted by Crippen LogP contribution is -2.23. The highest BCUT2D eigenvalue weighted by Crippen LogP contribution is 2.09. The van der Waals surface area contributed by atoms with Crippen LogP contribution in [-0.4, -0.2) is 20.6 Å². The number of hydrogen-bond acceptors (Lipinski definition) is 3. The van der Waals surface area contributed by atoms with E-state index in [0.29, 0.717) is 6.04 Å². The quantitative estimate of drug-likeness (QED) is 0.876. The fourth-order valence-corrected chi connectivity index (χ4v) is 1.81. The van der Waals surface area contributed by atoms with Crippen molar-refractivity contribution in [2.75, 3.05) is 0 Å². The maximum absolute atomic E-state index is 4.23. The number of hydrogen-bond donors (Lipinski definition) is 1. The molecule has 0 aliphatic heterocycles. The van der Waals surface area contributed by atoms with Gasteiger partial charge in [-0.05, 0) is 24.1 Å². The number of rotatable bonds is 5. The second-order valence-electron chi connectivity index (χ2n) is 4.85. The molecule has 0 atom stereocenters. The zero-order valence-electron chi connectivity index (χ0n) is 11.2. The van der Waals surface area contributed by atoms with E-state index >= 15 is 0 Å². The molecule has 0 aromatic carbocycles. The van der Waals surface area contributed by atoms with Gasteiger partial charge in [0.1, 0.15) is 0 Å². The van der Waals surface area contributed by atoms with Crippen molar-refractivity contribution in [3.8, 4) is 0 Å². The van der Waals surface area contributed by atoms with Crippen LogP contribution in [0.4, 0.5) is 0 Å². The van der Waals surface area contributed by atoms with E-state index in [2.05, 4.69) is 46.7 Å². The van der Waals surface area contributed by atoms with E-state index in [1.54, 1.807) is 0 Å². The first-order valence-electron chi connectivity index (χ1n) is 6.28. The minimum Gasteiger partial charge on any atom is -0.329 e. The third kappa shape index (κ3) is 3.17. The molecule has 4 heteroatoms. The number of aromatic nitrogens is 3. The van der Waals surface area contributed by atoms with Crippen molar-refractivity contribution in [2.24, 2.45) is 0 Å². The topological polar surface area (TPSA) is 42.7 Å². The number of aryl methyl sites for hydroxylation is 1. The molecule has 0 fully saturated rings. The molecule has 2 aromatic heterocycles. The molecule has 0 saturated heterocycles. The summed E-state index contributed by atoms with van der Waals surface area (Å²) in [7, 11) is 0. The number of nitrogens with zero attached hydrogens (tertiary/aromatic N) is 3. The van der Waals surface area contributed by atoms with Gasteiger partial charge in [-0.3, -0.25) is 4.98 Å². The zero-order chi connectivity index (χ0) is 13.0. The molecule has 96 valence electrons. The Morgan fingerprint density at radius 2 is 2.11 bits per heavy atom. The van der Waals surface area contributed by atoms with Gasteiger partial charge in [-0.2, -0.15) is 0 Å². The highest BCUT2D eigenvalue weighted by atomic mass is 15.1. The van der Waals surface area contributed by atoms with E-state index in [1.165, 1.54) is 16.8 Å². The van der Waals surface area contributed by atoms with Crippen LogP contribution in [0.2, 0.25) is 0 Å². The lowest BCUT2D eigenvalue weighted by Gasteiger charge is -2.12.